The van der Waals surface area contributed by atoms with E-state index in [-0.39, 0.29) is 18.5 Å². The lowest BCUT2D eigenvalue weighted by atomic mass is 10.2. The van der Waals surface area contributed by atoms with Gasteiger partial charge in [0.05, 0.1) is 31.1 Å². The number of carbonyl (C=O) groups is 2. The number of aromatic nitrogens is 4. The lowest BCUT2D eigenvalue weighted by Crippen LogP contribution is -2.33. The molecule has 1 aromatic carbocycles. The van der Waals surface area contributed by atoms with Crippen molar-refractivity contribution in [2.24, 2.45) is 0 Å². The van der Waals surface area contributed by atoms with Gasteiger partial charge in [-0.25, -0.2) is 14.2 Å². The number of halogens is 1. The van der Waals surface area contributed by atoms with E-state index in [0.29, 0.717) is 29.2 Å². The Bertz CT molecular complexity index is 1130. The molecule has 3 heterocycles. The first-order valence-corrected chi connectivity index (χ1v) is 10.1. The summed E-state index contributed by atoms with van der Waals surface area (Å²) in [5, 5.41) is 12.2. The minimum absolute atomic E-state index is 0.175. The molecule has 3 aromatic rings. The standard InChI is InChI=1S/C19H17FN6O3S/c1-11(27)22-15-7-19(15)9-26(18(28)29-19)12-2-3-13(14(20)6-12)17-24-23-16(30-17)8-25-5-4-21-10-25/h2-6,10,15H,7-9H2,1H3,(H,22,27)/t15-,19-/m0/s1. The number of imidazole rings is 1. The summed E-state index contributed by atoms with van der Waals surface area (Å²) in [7, 11) is 0. The zero-order valence-corrected chi connectivity index (χ0v) is 16.7. The maximum atomic E-state index is 14.8. The van der Waals surface area contributed by atoms with Gasteiger partial charge in [0.25, 0.3) is 0 Å². The van der Waals surface area contributed by atoms with Crippen LogP contribution in [0.2, 0.25) is 0 Å². The van der Waals surface area contributed by atoms with E-state index in [1.807, 2.05) is 10.8 Å². The van der Waals surface area contributed by atoms with Crippen LogP contribution in [0.15, 0.2) is 36.9 Å². The van der Waals surface area contributed by atoms with Gasteiger partial charge >= 0.3 is 6.09 Å². The number of rotatable bonds is 5. The van der Waals surface area contributed by atoms with Crippen LogP contribution in [0.5, 0.6) is 0 Å². The molecule has 2 aliphatic rings. The van der Waals surface area contributed by atoms with Gasteiger partial charge in [-0.1, -0.05) is 11.3 Å². The summed E-state index contributed by atoms with van der Waals surface area (Å²) in [6.07, 6.45) is 5.17. The van der Waals surface area contributed by atoms with E-state index in [4.69, 9.17) is 4.74 Å². The number of hydrogen-bond acceptors (Lipinski definition) is 7. The fourth-order valence-electron chi connectivity index (χ4n) is 3.60. The predicted octanol–water partition coefficient (Wildman–Crippen LogP) is 2.19. The molecule has 30 heavy (non-hydrogen) atoms. The maximum Gasteiger partial charge on any atom is 0.415 e. The third-order valence-corrected chi connectivity index (χ3v) is 6.12. The van der Waals surface area contributed by atoms with Gasteiger partial charge in [0.15, 0.2) is 10.6 Å². The van der Waals surface area contributed by atoms with E-state index in [2.05, 4.69) is 20.5 Å². The third kappa shape index (κ3) is 3.30. The Morgan fingerprint density at radius 1 is 1.43 bits per heavy atom. The number of carbonyl (C=O) groups excluding carboxylic acids is 2. The number of nitrogens with zero attached hydrogens (tertiary/aromatic N) is 5. The lowest BCUT2D eigenvalue weighted by molar-refractivity contribution is -0.119. The van der Waals surface area contributed by atoms with Crippen molar-refractivity contribution in [1.29, 1.82) is 0 Å². The van der Waals surface area contributed by atoms with Crippen molar-refractivity contribution < 1.29 is 18.7 Å². The highest BCUT2D eigenvalue weighted by Crippen LogP contribution is 2.46. The van der Waals surface area contributed by atoms with E-state index in [1.54, 1.807) is 24.7 Å². The molecular weight excluding hydrogens is 411 g/mol. The van der Waals surface area contributed by atoms with Gasteiger partial charge in [-0.15, -0.1) is 10.2 Å². The third-order valence-electron chi connectivity index (χ3n) is 5.18. The molecule has 1 aliphatic heterocycles. The van der Waals surface area contributed by atoms with Crippen LogP contribution in [0, 0.1) is 5.82 Å². The maximum absolute atomic E-state index is 14.8. The second-order valence-electron chi connectivity index (χ2n) is 7.38. The van der Waals surface area contributed by atoms with Crippen LogP contribution in [0.25, 0.3) is 10.6 Å². The molecule has 2 fully saturated rings. The Balaban J connectivity index is 1.33. The zero-order valence-electron chi connectivity index (χ0n) is 15.9. The Labute approximate surface area is 174 Å². The van der Waals surface area contributed by atoms with Crippen LogP contribution >= 0.6 is 11.3 Å². The second-order valence-corrected chi connectivity index (χ2v) is 8.44. The molecule has 11 heteroatoms. The highest BCUT2D eigenvalue weighted by atomic mass is 32.1. The molecule has 0 radical (unpaired) electrons. The van der Waals surface area contributed by atoms with E-state index in [0.717, 1.165) is 5.01 Å². The first kappa shape index (κ1) is 18.7. The normalized spacial score (nSPS) is 22.4. The van der Waals surface area contributed by atoms with Gasteiger partial charge in [0.1, 0.15) is 10.8 Å². The molecule has 1 N–H and O–H groups in total. The van der Waals surface area contributed by atoms with Crippen molar-refractivity contribution in [2.75, 3.05) is 11.4 Å². The van der Waals surface area contributed by atoms with Crippen LogP contribution < -0.4 is 10.2 Å². The van der Waals surface area contributed by atoms with Crippen molar-refractivity contribution >= 4 is 29.0 Å². The lowest BCUT2D eigenvalue weighted by Gasteiger charge is -2.14. The summed E-state index contributed by atoms with van der Waals surface area (Å²) in [6, 6.07) is 4.33. The quantitative estimate of drug-likeness (QED) is 0.668. The molecule has 1 saturated heterocycles. The molecule has 2 atom stereocenters. The van der Waals surface area contributed by atoms with Gasteiger partial charge in [0, 0.05) is 31.3 Å². The number of nitrogens with one attached hydrogen (secondary N) is 1. The summed E-state index contributed by atoms with van der Waals surface area (Å²) < 4.78 is 22.2. The van der Waals surface area contributed by atoms with Gasteiger partial charge in [0.2, 0.25) is 5.91 Å². The fraction of sp³-hybridized carbons (Fsp3) is 0.316. The average Bonchev–Trinajstić information content (AvgIpc) is 3.15. The summed E-state index contributed by atoms with van der Waals surface area (Å²) in [5.74, 6) is -0.674. The molecule has 1 saturated carbocycles. The molecule has 2 amide bonds. The molecule has 9 nitrogen and oxygen atoms in total. The van der Waals surface area contributed by atoms with Crippen molar-refractivity contribution in [3.05, 3.63) is 47.7 Å². The minimum Gasteiger partial charge on any atom is -0.438 e. The van der Waals surface area contributed by atoms with Gasteiger partial charge < -0.3 is 14.6 Å². The summed E-state index contributed by atoms with van der Waals surface area (Å²) in [4.78, 5) is 28.9. The topological polar surface area (TPSA) is 102 Å². The van der Waals surface area contributed by atoms with Crippen LogP contribution in [-0.2, 0) is 16.1 Å². The average molecular weight is 428 g/mol. The largest absolute Gasteiger partial charge is 0.438 e. The first-order valence-electron chi connectivity index (χ1n) is 9.29. The summed E-state index contributed by atoms with van der Waals surface area (Å²) in [6.45, 7) is 2.20. The zero-order chi connectivity index (χ0) is 20.9. The highest BCUT2D eigenvalue weighted by molar-refractivity contribution is 7.14. The van der Waals surface area contributed by atoms with Crippen molar-refractivity contribution in [3.8, 4) is 10.6 Å². The molecular formula is C19H17FN6O3S. The number of anilines is 1. The Morgan fingerprint density at radius 2 is 2.30 bits per heavy atom. The molecule has 2 aromatic heterocycles. The smallest absolute Gasteiger partial charge is 0.415 e. The van der Waals surface area contributed by atoms with E-state index in [9.17, 15) is 14.0 Å². The van der Waals surface area contributed by atoms with Crippen LogP contribution in [0.4, 0.5) is 14.9 Å². The van der Waals surface area contributed by atoms with Gasteiger partial charge in [-0.3, -0.25) is 9.69 Å². The van der Waals surface area contributed by atoms with Crippen molar-refractivity contribution in [3.63, 3.8) is 0 Å². The summed E-state index contributed by atoms with van der Waals surface area (Å²) >= 11 is 1.30. The predicted molar refractivity (Wildman–Crippen MR) is 105 cm³/mol. The molecule has 5 rings (SSSR count). The van der Waals surface area contributed by atoms with Crippen LogP contribution in [0.1, 0.15) is 18.4 Å². The van der Waals surface area contributed by atoms with Crippen LogP contribution in [0.3, 0.4) is 0 Å². The van der Waals surface area contributed by atoms with Crippen molar-refractivity contribution in [2.45, 2.75) is 31.5 Å². The molecule has 0 unspecified atom stereocenters. The SMILES string of the molecule is CC(=O)N[C@H]1C[C@]12CN(c1ccc(-c3nnc(Cn4ccnc4)s3)c(F)c1)C(=O)O2. The second kappa shape index (κ2) is 6.87. The monoisotopic (exact) mass is 428 g/mol. The fourth-order valence-corrected chi connectivity index (χ4v) is 4.48. The Hall–Kier alpha value is -3.34. The van der Waals surface area contributed by atoms with Gasteiger partial charge in [-0.2, -0.15) is 0 Å². The molecule has 1 aliphatic carbocycles. The molecule has 0 bridgehead atoms. The molecule has 154 valence electrons. The number of ether oxygens (including phenoxy) is 1. The number of amides is 2. The number of benzene rings is 1. The van der Waals surface area contributed by atoms with Crippen LogP contribution in [-0.4, -0.2) is 49.9 Å². The highest BCUT2D eigenvalue weighted by Gasteiger charge is 2.64. The summed E-state index contributed by atoms with van der Waals surface area (Å²) in [5.41, 5.74) is -0.00739. The van der Waals surface area contributed by atoms with E-state index < -0.39 is 17.5 Å². The van der Waals surface area contributed by atoms with E-state index in [1.165, 1.54) is 29.2 Å². The Morgan fingerprint density at radius 3 is 3.03 bits per heavy atom. The van der Waals surface area contributed by atoms with Gasteiger partial charge in [-0.05, 0) is 18.2 Å². The van der Waals surface area contributed by atoms with E-state index >= 15 is 0 Å². The molecule has 1 spiro atoms. The Kier molecular flexibility index (Phi) is 4.28. The first-order chi connectivity index (χ1) is 14.4. The minimum atomic E-state index is -0.723. The van der Waals surface area contributed by atoms with Crippen molar-refractivity contribution in [1.82, 2.24) is 25.1 Å². The number of hydrogen-bond donors (Lipinski definition) is 1.